The molecule has 0 saturated heterocycles. The Bertz CT molecular complexity index is 648. The molecule has 1 aromatic carbocycles. The number of halogens is 1. The highest BCUT2D eigenvalue weighted by atomic mass is 35.5. The highest BCUT2D eigenvalue weighted by Gasteiger charge is 2.12. The number of ketones is 1. The molecule has 0 atom stereocenters. The molecule has 0 amide bonds. The molecule has 5 heteroatoms. The third-order valence-corrected chi connectivity index (χ3v) is 4.14. The summed E-state index contributed by atoms with van der Waals surface area (Å²) in [6.45, 7) is 2.12. The maximum atomic E-state index is 11.9. The second-order valence-electron chi connectivity index (χ2n) is 4.62. The smallest absolute Gasteiger partial charge is 0.306 e. The van der Waals surface area contributed by atoms with E-state index in [0.29, 0.717) is 9.90 Å². The summed E-state index contributed by atoms with van der Waals surface area (Å²) in [7, 11) is 0. The monoisotopic (exact) mass is 322 g/mol. The summed E-state index contributed by atoms with van der Waals surface area (Å²) >= 11 is 7.29. The van der Waals surface area contributed by atoms with Gasteiger partial charge in [0.1, 0.15) is 6.61 Å². The largest absolute Gasteiger partial charge is 0.461 e. The Balaban J connectivity index is 1.76. The van der Waals surface area contributed by atoms with Crippen LogP contribution < -0.4 is 0 Å². The quantitative estimate of drug-likeness (QED) is 0.584. The second-order valence-corrected chi connectivity index (χ2v) is 6.35. The second kappa shape index (κ2) is 7.38. The summed E-state index contributed by atoms with van der Waals surface area (Å²) in [5, 5.41) is 0.604. The number of Topliss-reactive ketones (excluding diaryl/α,β-unsaturated/α-hetero) is 1. The number of thiophene rings is 1. The zero-order valence-corrected chi connectivity index (χ0v) is 13.2. The molecule has 0 saturated carbocycles. The number of benzene rings is 1. The lowest BCUT2D eigenvalue weighted by molar-refractivity contribution is -0.144. The number of carbonyl (C=O) groups is 2. The minimum atomic E-state index is -0.378. The van der Waals surface area contributed by atoms with Gasteiger partial charge in [-0.15, -0.1) is 11.3 Å². The Hall–Kier alpha value is -1.65. The predicted molar refractivity (Wildman–Crippen MR) is 83.9 cm³/mol. The van der Waals surface area contributed by atoms with Crippen LogP contribution >= 0.6 is 22.9 Å². The highest BCUT2D eigenvalue weighted by Crippen LogP contribution is 2.18. The number of rotatable bonds is 6. The number of ether oxygens (including phenoxy) is 1. The Morgan fingerprint density at radius 3 is 2.67 bits per heavy atom. The number of hydrogen-bond donors (Lipinski definition) is 0. The fourth-order valence-electron chi connectivity index (χ4n) is 1.79. The number of hydrogen-bond acceptors (Lipinski definition) is 4. The van der Waals surface area contributed by atoms with E-state index in [0.717, 1.165) is 10.4 Å². The molecule has 21 heavy (non-hydrogen) atoms. The third-order valence-electron chi connectivity index (χ3n) is 2.86. The van der Waals surface area contributed by atoms with Gasteiger partial charge in [0.25, 0.3) is 0 Å². The van der Waals surface area contributed by atoms with Gasteiger partial charge >= 0.3 is 5.97 Å². The molecule has 2 rings (SSSR count). The lowest BCUT2D eigenvalue weighted by Crippen LogP contribution is -2.07. The molecule has 110 valence electrons. The fraction of sp³-hybridized carbons (Fsp3) is 0.250. The molecule has 0 aliphatic heterocycles. The van der Waals surface area contributed by atoms with Crippen LogP contribution in [-0.4, -0.2) is 11.8 Å². The summed E-state index contributed by atoms with van der Waals surface area (Å²) in [5.41, 5.74) is 0.830. The first-order chi connectivity index (χ1) is 10.0. The molecule has 0 radical (unpaired) electrons. The first-order valence-corrected chi connectivity index (χ1v) is 7.74. The van der Waals surface area contributed by atoms with Gasteiger partial charge in [0.2, 0.25) is 0 Å². The maximum absolute atomic E-state index is 11.9. The van der Waals surface area contributed by atoms with E-state index in [9.17, 15) is 9.59 Å². The molecule has 1 aromatic heterocycles. The van der Waals surface area contributed by atoms with E-state index < -0.39 is 0 Å². The summed E-state index contributed by atoms with van der Waals surface area (Å²) < 4.78 is 5.13. The van der Waals surface area contributed by atoms with E-state index in [1.54, 1.807) is 24.3 Å². The van der Waals surface area contributed by atoms with Crippen molar-refractivity contribution in [3.05, 3.63) is 56.7 Å². The average molecular weight is 323 g/mol. The van der Waals surface area contributed by atoms with E-state index in [1.807, 2.05) is 19.1 Å². The van der Waals surface area contributed by atoms with Gasteiger partial charge in [-0.25, -0.2) is 0 Å². The molecule has 0 unspecified atom stereocenters. The summed E-state index contributed by atoms with van der Waals surface area (Å²) in [6, 6.07) is 10.8. The van der Waals surface area contributed by atoms with Gasteiger partial charge in [-0.2, -0.15) is 0 Å². The van der Waals surface area contributed by atoms with Crippen LogP contribution in [0, 0.1) is 6.92 Å². The molecule has 0 aliphatic rings. The van der Waals surface area contributed by atoms with Crippen LogP contribution in [0.1, 0.15) is 33.0 Å². The van der Waals surface area contributed by atoms with Crippen molar-refractivity contribution in [1.82, 2.24) is 0 Å². The van der Waals surface area contributed by atoms with Gasteiger partial charge in [-0.3, -0.25) is 9.59 Å². The van der Waals surface area contributed by atoms with E-state index in [4.69, 9.17) is 16.3 Å². The molecule has 0 fully saturated rings. The molecule has 0 bridgehead atoms. The Morgan fingerprint density at radius 1 is 1.19 bits per heavy atom. The molecule has 3 nitrogen and oxygen atoms in total. The van der Waals surface area contributed by atoms with Crippen molar-refractivity contribution in [3.8, 4) is 0 Å². The van der Waals surface area contributed by atoms with Gasteiger partial charge in [-0.05, 0) is 36.8 Å². The zero-order chi connectivity index (χ0) is 15.2. The Kier molecular flexibility index (Phi) is 5.53. The van der Waals surface area contributed by atoms with Crippen LogP contribution in [-0.2, 0) is 16.1 Å². The standard InChI is InChI=1S/C16H15ClO3S/c1-11-5-7-15(21-11)14(18)6-8-16(19)20-10-12-3-2-4-13(17)9-12/h2-5,7,9H,6,8,10H2,1H3. The van der Waals surface area contributed by atoms with Crippen molar-refractivity contribution in [2.75, 3.05) is 0 Å². The van der Waals surface area contributed by atoms with Crippen LogP contribution in [0.25, 0.3) is 0 Å². The normalized spacial score (nSPS) is 10.4. The molecule has 0 N–H and O–H groups in total. The number of aryl methyl sites for hydroxylation is 1. The van der Waals surface area contributed by atoms with Crippen LogP contribution in [0.2, 0.25) is 5.02 Å². The van der Waals surface area contributed by atoms with Gasteiger partial charge in [-0.1, -0.05) is 23.7 Å². The third kappa shape index (κ3) is 4.99. The van der Waals surface area contributed by atoms with Crippen molar-refractivity contribution >= 4 is 34.7 Å². The number of esters is 1. The highest BCUT2D eigenvalue weighted by molar-refractivity contribution is 7.14. The van der Waals surface area contributed by atoms with E-state index in [-0.39, 0.29) is 31.2 Å². The topological polar surface area (TPSA) is 43.4 Å². The van der Waals surface area contributed by atoms with Gasteiger partial charge in [0.15, 0.2) is 5.78 Å². The van der Waals surface area contributed by atoms with Gasteiger partial charge in [0.05, 0.1) is 11.3 Å². The maximum Gasteiger partial charge on any atom is 0.306 e. The lowest BCUT2D eigenvalue weighted by atomic mass is 10.2. The zero-order valence-electron chi connectivity index (χ0n) is 11.6. The van der Waals surface area contributed by atoms with Crippen LogP contribution in [0.5, 0.6) is 0 Å². The first kappa shape index (κ1) is 15.7. The molecular formula is C16H15ClO3S. The molecule has 1 heterocycles. The average Bonchev–Trinajstić information content (AvgIpc) is 2.89. The molecule has 0 aliphatic carbocycles. The van der Waals surface area contributed by atoms with Crippen LogP contribution in [0.4, 0.5) is 0 Å². The van der Waals surface area contributed by atoms with Crippen molar-refractivity contribution in [2.24, 2.45) is 0 Å². The van der Waals surface area contributed by atoms with Crippen molar-refractivity contribution in [2.45, 2.75) is 26.4 Å². The predicted octanol–water partition coefficient (Wildman–Crippen LogP) is 4.42. The van der Waals surface area contributed by atoms with Crippen LogP contribution in [0.3, 0.4) is 0 Å². The van der Waals surface area contributed by atoms with E-state index in [1.165, 1.54) is 11.3 Å². The summed E-state index contributed by atoms with van der Waals surface area (Å²) in [6.07, 6.45) is 0.269. The SMILES string of the molecule is Cc1ccc(C(=O)CCC(=O)OCc2cccc(Cl)c2)s1. The van der Waals surface area contributed by atoms with E-state index in [2.05, 4.69) is 0 Å². The van der Waals surface area contributed by atoms with Crippen molar-refractivity contribution < 1.29 is 14.3 Å². The van der Waals surface area contributed by atoms with Gasteiger partial charge in [0, 0.05) is 16.3 Å². The fourth-order valence-corrected chi connectivity index (χ4v) is 2.83. The Morgan fingerprint density at radius 2 is 2.00 bits per heavy atom. The van der Waals surface area contributed by atoms with Crippen LogP contribution in [0.15, 0.2) is 36.4 Å². The minimum absolute atomic E-state index is 0.0206. The minimum Gasteiger partial charge on any atom is -0.461 e. The van der Waals surface area contributed by atoms with Gasteiger partial charge < -0.3 is 4.74 Å². The van der Waals surface area contributed by atoms with E-state index >= 15 is 0 Å². The Labute approximate surface area is 132 Å². The summed E-state index contributed by atoms with van der Waals surface area (Å²) in [4.78, 5) is 25.3. The summed E-state index contributed by atoms with van der Waals surface area (Å²) in [5.74, 6) is -0.399. The molecule has 0 spiro atoms. The molecular weight excluding hydrogens is 308 g/mol. The lowest BCUT2D eigenvalue weighted by Gasteiger charge is -2.04. The number of carbonyl (C=O) groups excluding carboxylic acids is 2. The first-order valence-electron chi connectivity index (χ1n) is 6.54. The van der Waals surface area contributed by atoms with Crippen molar-refractivity contribution in [3.63, 3.8) is 0 Å². The molecule has 2 aromatic rings. The van der Waals surface area contributed by atoms with Crippen molar-refractivity contribution in [1.29, 1.82) is 0 Å².